The molecule has 4 rings (SSSR count). The van der Waals surface area contributed by atoms with Crippen molar-refractivity contribution in [3.8, 4) is 0 Å². The van der Waals surface area contributed by atoms with Gasteiger partial charge in [-0.2, -0.15) is 0 Å². The van der Waals surface area contributed by atoms with Crippen molar-refractivity contribution in [3.05, 3.63) is 71.3 Å². The summed E-state index contributed by atoms with van der Waals surface area (Å²) < 4.78 is 1.88. The zero-order valence-electron chi connectivity index (χ0n) is 18.1. The molecule has 166 valence electrons. The number of ketones is 1. The molecule has 1 aromatic carbocycles. The Bertz CT molecular complexity index is 1130. The molecule has 2 aromatic heterocycles. The summed E-state index contributed by atoms with van der Waals surface area (Å²) in [4.78, 5) is 31.6. The minimum absolute atomic E-state index is 0.0170. The Labute approximate surface area is 191 Å². The average molecular weight is 451 g/mol. The maximum absolute atomic E-state index is 12.9. The lowest BCUT2D eigenvalue weighted by atomic mass is 10.0. The highest BCUT2D eigenvalue weighted by molar-refractivity contribution is 7.99. The van der Waals surface area contributed by atoms with Gasteiger partial charge in [-0.05, 0) is 36.6 Å². The van der Waals surface area contributed by atoms with Gasteiger partial charge in [0.25, 0.3) is 5.91 Å². The Kier molecular flexibility index (Phi) is 6.66. The van der Waals surface area contributed by atoms with Crippen LogP contribution in [0.1, 0.15) is 50.6 Å². The van der Waals surface area contributed by atoms with Crippen molar-refractivity contribution in [2.24, 2.45) is 12.8 Å². The Balaban J connectivity index is 1.44. The summed E-state index contributed by atoms with van der Waals surface area (Å²) in [6.45, 7) is 3.28. The highest BCUT2D eigenvalue weighted by atomic mass is 32.2. The van der Waals surface area contributed by atoms with Gasteiger partial charge in [-0.15, -0.1) is 10.2 Å². The van der Waals surface area contributed by atoms with E-state index >= 15 is 0 Å². The minimum atomic E-state index is -0.122. The van der Waals surface area contributed by atoms with Crippen LogP contribution < -0.4 is 5.73 Å². The first-order valence-corrected chi connectivity index (χ1v) is 11.4. The summed E-state index contributed by atoms with van der Waals surface area (Å²) in [6, 6.07) is 11.2. The smallest absolute Gasteiger partial charge is 0.254 e. The third-order valence-electron chi connectivity index (χ3n) is 5.54. The average Bonchev–Trinajstić information content (AvgIpc) is 3.41. The van der Waals surface area contributed by atoms with Gasteiger partial charge in [-0.1, -0.05) is 36.0 Å². The van der Waals surface area contributed by atoms with E-state index in [1.807, 2.05) is 35.9 Å². The largest absolute Gasteiger partial charge is 0.337 e. The Morgan fingerprint density at radius 3 is 2.84 bits per heavy atom. The second-order valence-corrected chi connectivity index (χ2v) is 9.37. The highest BCUT2D eigenvalue weighted by Crippen LogP contribution is 2.33. The molecule has 2 atom stereocenters. The van der Waals surface area contributed by atoms with Gasteiger partial charge in [0.15, 0.2) is 10.9 Å². The third kappa shape index (κ3) is 5.05. The fraction of sp³-hybridized carbons (Fsp3) is 0.348. The number of aromatic nitrogens is 4. The number of Topliss-reactive ketones (excluding diaryl/α,β-unsaturated/α-hetero) is 1. The highest BCUT2D eigenvalue weighted by Gasteiger charge is 2.25. The zero-order valence-corrected chi connectivity index (χ0v) is 19.0. The number of nitrogens with two attached hydrogens (primary N) is 1. The summed E-state index contributed by atoms with van der Waals surface area (Å²) in [5.41, 5.74) is 8.69. The molecule has 1 saturated heterocycles. The van der Waals surface area contributed by atoms with Gasteiger partial charge in [0.1, 0.15) is 12.0 Å². The molecule has 0 radical (unpaired) electrons. The first-order valence-electron chi connectivity index (χ1n) is 10.5. The van der Waals surface area contributed by atoms with Crippen LogP contribution in [0.5, 0.6) is 0 Å². The van der Waals surface area contributed by atoms with Crippen LogP contribution in [0.25, 0.3) is 0 Å². The van der Waals surface area contributed by atoms with Gasteiger partial charge in [0.2, 0.25) is 0 Å². The second kappa shape index (κ2) is 9.62. The van der Waals surface area contributed by atoms with Crippen molar-refractivity contribution < 1.29 is 9.59 Å². The zero-order chi connectivity index (χ0) is 22.7. The van der Waals surface area contributed by atoms with E-state index in [1.165, 1.54) is 6.20 Å². The number of hydrogen-bond donors (Lipinski definition) is 1. The SMILES string of the molecule is C[C@H](Sc1nncn1C)c1cccc(CC(=O)c2cc(C(=O)N3CC[C@H](N)C3)ccn2)c1. The van der Waals surface area contributed by atoms with Gasteiger partial charge in [0, 0.05) is 49.6 Å². The van der Waals surface area contributed by atoms with Gasteiger partial charge in [0.05, 0.1) is 0 Å². The molecule has 8 nitrogen and oxygen atoms in total. The van der Waals surface area contributed by atoms with Crippen molar-refractivity contribution in [2.45, 2.75) is 36.2 Å². The molecule has 1 aliphatic rings. The third-order valence-corrected chi connectivity index (χ3v) is 6.75. The number of aryl methyl sites for hydroxylation is 1. The predicted molar refractivity (Wildman–Crippen MR) is 122 cm³/mol. The van der Waals surface area contributed by atoms with Crippen molar-refractivity contribution in [1.29, 1.82) is 0 Å². The van der Waals surface area contributed by atoms with Crippen molar-refractivity contribution in [1.82, 2.24) is 24.6 Å². The van der Waals surface area contributed by atoms with Gasteiger partial charge >= 0.3 is 0 Å². The van der Waals surface area contributed by atoms with Crippen LogP contribution in [-0.4, -0.2) is 55.5 Å². The van der Waals surface area contributed by atoms with E-state index < -0.39 is 0 Å². The number of rotatable bonds is 7. The van der Waals surface area contributed by atoms with E-state index in [2.05, 4.69) is 22.1 Å². The molecule has 0 aliphatic carbocycles. The molecule has 0 saturated carbocycles. The number of carbonyl (C=O) groups excluding carboxylic acids is 2. The maximum atomic E-state index is 12.9. The molecular weight excluding hydrogens is 424 g/mol. The predicted octanol–water partition coefficient (Wildman–Crippen LogP) is 2.66. The molecule has 1 aliphatic heterocycles. The maximum Gasteiger partial charge on any atom is 0.254 e. The van der Waals surface area contributed by atoms with Crippen LogP contribution in [0, 0.1) is 0 Å². The van der Waals surface area contributed by atoms with Gasteiger partial charge in [-0.3, -0.25) is 14.6 Å². The molecular formula is C23H26N6O2S. The monoisotopic (exact) mass is 450 g/mol. The van der Waals surface area contributed by atoms with Crippen LogP contribution in [0.15, 0.2) is 54.1 Å². The van der Waals surface area contributed by atoms with Crippen LogP contribution in [0.4, 0.5) is 0 Å². The van der Waals surface area contributed by atoms with Crippen LogP contribution in [-0.2, 0) is 13.5 Å². The van der Waals surface area contributed by atoms with E-state index in [0.717, 1.165) is 22.7 Å². The summed E-state index contributed by atoms with van der Waals surface area (Å²) in [5, 5.41) is 9.03. The van der Waals surface area contributed by atoms with Crippen molar-refractivity contribution in [2.75, 3.05) is 13.1 Å². The fourth-order valence-electron chi connectivity index (χ4n) is 3.71. The topological polar surface area (TPSA) is 107 Å². The Morgan fingerprint density at radius 2 is 2.12 bits per heavy atom. The van der Waals surface area contributed by atoms with E-state index in [9.17, 15) is 9.59 Å². The molecule has 3 aromatic rings. The summed E-state index contributed by atoms with van der Waals surface area (Å²) in [6.07, 6.45) is 4.21. The fourth-order valence-corrected chi connectivity index (χ4v) is 4.61. The molecule has 32 heavy (non-hydrogen) atoms. The molecule has 0 unspecified atom stereocenters. The first-order chi connectivity index (χ1) is 15.4. The standard InChI is InChI=1S/C23H26N6O2S/c1-15(32-23-27-26-14-28(23)2)17-5-3-4-16(10-17)11-21(30)20-12-18(6-8-25-20)22(31)29-9-7-19(24)13-29/h3-6,8,10,12,14-15,19H,7,9,11,13,24H2,1-2H3/t15-,19-/m0/s1. The van der Waals surface area contributed by atoms with E-state index in [0.29, 0.717) is 24.3 Å². The molecule has 1 fully saturated rings. The number of benzene rings is 1. The Hall–Kier alpha value is -3.04. The lowest BCUT2D eigenvalue weighted by Crippen LogP contribution is -2.32. The number of amides is 1. The summed E-state index contributed by atoms with van der Waals surface area (Å²) in [7, 11) is 1.91. The number of pyridine rings is 1. The van der Waals surface area contributed by atoms with Gasteiger partial charge in [-0.25, -0.2) is 0 Å². The summed E-state index contributed by atoms with van der Waals surface area (Å²) in [5.74, 6) is -0.227. The van der Waals surface area contributed by atoms with Crippen LogP contribution in [0.3, 0.4) is 0 Å². The van der Waals surface area contributed by atoms with Crippen molar-refractivity contribution >= 4 is 23.5 Å². The number of hydrogen-bond acceptors (Lipinski definition) is 7. The van der Waals surface area contributed by atoms with Gasteiger partial charge < -0.3 is 15.2 Å². The minimum Gasteiger partial charge on any atom is -0.337 e. The van der Waals surface area contributed by atoms with E-state index in [4.69, 9.17) is 5.73 Å². The normalized spacial score (nSPS) is 16.8. The van der Waals surface area contributed by atoms with E-state index in [1.54, 1.807) is 35.1 Å². The lowest BCUT2D eigenvalue weighted by molar-refractivity contribution is 0.0790. The molecule has 1 amide bonds. The van der Waals surface area contributed by atoms with Crippen LogP contribution >= 0.6 is 11.8 Å². The molecule has 0 bridgehead atoms. The number of thioether (sulfide) groups is 1. The quantitative estimate of drug-likeness (QED) is 0.436. The first kappa shape index (κ1) is 22.2. The number of likely N-dealkylation sites (tertiary alicyclic amines) is 1. The van der Waals surface area contributed by atoms with Crippen LogP contribution in [0.2, 0.25) is 0 Å². The Morgan fingerprint density at radius 1 is 1.28 bits per heavy atom. The molecule has 2 N–H and O–H groups in total. The summed E-state index contributed by atoms with van der Waals surface area (Å²) >= 11 is 1.61. The molecule has 3 heterocycles. The van der Waals surface area contributed by atoms with E-state index in [-0.39, 0.29) is 29.4 Å². The molecule has 9 heteroatoms. The van der Waals surface area contributed by atoms with Crippen molar-refractivity contribution in [3.63, 3.8) is 0 Å². The molecule has 0 spiro atoms. The number of carbonyl (C=O) groups is 2. The number of nitrogens with zero attached hydrogens (tertiary/aromatic N) is 5. The lowest BCUT2D eigenvalue weighted by Gasteiger charge is -2.16. The second-order valence-electron chi connectivity index (χ2n) is 8.06.